The number of benzene rings is 1. The van der Waals surface area contributed by atoms with Crippen LogP contribution in [0.25, 0.3) is 0 Å². The minimum absolute atomic E-state index is 0.0135. The molecule has 1 amide bonds. The Morgan fingerprint density at radius 1 is 1.12 bits per heavy atom. The first kappa shape index (κ1) is 16.6. The van der Waals surface area contributed by atoms with Gasteiger partial charge in [-0.15, -0.1) is 0 Å². The van der Waals surface area contributed by atoms with Crippen LogP contribution < -0.4 is 0 Å². The van der Waals surface area contributed by atoms with Crippen LogP contribution in [0, 0.1) is 6.92 Å². The Labute approximate surface area is 152 Å². The molecule has 3 heterocycles. The molecule has 2 N–H and O–H groups in total. The van der Waals surface area contributed by atoms with Crippen molar-refractivity contribution in [3.8, 4) is 0 Å². The first-order valence-electron chi connectivity index (χ1n) is 9.08. The van der Waals surface area contributed by atoms with Gasteiger partial charge in [0, 0.05) is 36.8 Å². The number of aromatic nitrogens is 4. The maximum absolute atomic E-state index is 12.5. The van der Waals surface area contributed by atoms with E-state index in [4.69, 9.17) is 0 Å². The topological polar surface area (TPSA) is 77.7 Å². The van der Waals surface area contributed by atoms with Crippen LogP contribution in [0.4, 0.5) is 0 Å². The molecule has 6 heteroatoms. The lowest BCUT2D eigenvalue weighted by molar-refractivity contribution is 0.0706. The highest BCUT2D eigenvalue weighted by molar-refractivity contribution is 5.92. The summed E-state index contributed by atoms with van der Waals surface area (Å²) in [5.74, 6) is 0.417. The Bertz CT molecular complexity index is 875. The number of hydrogen-bond donors (Lipinski definition) is 2. The summed E-state index contributed by atoms with van der Waals surface area (Å²) in [5, 5.41) is 14.6. The maximum atomic E-state index is 12.5. The Morgan fingerprint density at radius 2 is 1.88 bits per heavy atom. The zero-order valence-electron chi connectivity index (χ0n) is 14.9. The lowest BCUT2D eigenvalue weighted by Crippen LogP contribution is -2.38. The molecule has 1 aliphatic rings. The van der Waals surface area contributed by atoms with Crippen LogP contribution in [0.15, 0.2) is 42.5 Å². The second-order valence-corrected chi connectivity index (χ2v) is 6.98. The number of nitrogens with zero attached hydrogens (tertiary/aromatic N) is 3. The number of aryl methyl sites for hydroxylation is 1. The molecule has 0 unspecified atom stereocenters. The minimum Gasteiger partial charge on any atom is -0.337 e. The zero-order valence-corrected chi connectivity index (χ0v) is 14.9. The number of aromatic amines is 2. The van der Waals surface area contributed by atoms with Gasteiger partial charge < -0.3 is 4.90 Å². The average Bonchev–Trinajstić information content (AvgIpc) is 3.31. The van der Waals surface area contributed by atoms with Gasteiger partial charge in [-0.3, -0.25) is 15.0 Å². The molecule has 0 bridgehead atoms. The molecule has 2 aromatic heterocycles. The second kappa shape index (κ2) is 7.15. The highest BCUT2D eigenvalue weighted by Crippen LogP contribution is 2.28. The maximum Gasteiger partial charge on any atom is 0.274 e. The molecule has 0 saturated carbocycles. The number of piperidine rings is 1. The molecule has 1 aromatic carbocycles. The number of H-pyrrole nitrogens is 2. The standard InChI is InChI=1S/C20H23N5O/c1-14-11-19(24-21-14)20(26)25-9-7-16(8-10-25)18-13-17(22-23-18)12-15-5-3-2-4-6-15/h2-6,11,13,16H,7-10,12H2,1H3,(H,21,24)(H,22,23). The van der Waals surface area contributed by atoms with Crippen molar-refractivity contribution >= 4 is 5.91 Å². The summed E-state index contributed by atoms with van der Waals surface area (Å²) in [6, 6.07) is 14.4. The summed E-state index contributed by atoms with van der Waals surface area (Å²) >= 11 is 0. The molecule has 4 rings (SSSR count). The molecule has 1 aliphatic heterocycles. The van der Waals surface area contributed by atoms with Crippen LogP contribution in [0.5, 0.6) is 0 Å². The smallest absolute Gasteiger partial charge is 0.274 e. The summed E-state index contributed by atoms with van der Waals surface area (Å²) in [5.41, 5.74) is 4.93. The van der Waals surface area contributed by atoms with Crippen molar-refractivity contribution in [3.63, 3.8) is 0 Å². The molecule has 1 saturated heterocycles. The van der Waals surface area contributed by atoms with Crippen LogP contribution in [0.3, 0.4) is 0 Å². The molecule has 6 nitrogen and oxygen atoms in total. The largest absolute Gasteiger partial charge is 0.337 e. The van der Waals surface area contributed by atoms with Crippen molar-refractivity contribution in [2.75, 3.05) is 13.1 Å². The first-order chi connectivity index (χ1) is 12.7. The summed E-state index contributed by atoms with van der Waals surface area (Å²) in [7, 11) is 0. The zero-order chi connectivity index (χ0) is 17.9. The molecular weight excluding hydrogens is 326 g/mol. The number of carbonyl (C=O) groups is 1. The van der Waals surface area contributed by atoms with Gasteiger partial charge in [0.1, 0.15) is 5.69 Å². The Balaban J connectivity index is 1.35. The van der Waals surface area contributed by atoms with Crippen LogP contribution in [-0.2, 0) is 6.42 Å². The Hall–Kier alpha value is -2.89. The van der Waals surface area contributed by atoms with Crippen molar-refractivity contribution in [2.45, 2.75) is 32.1 Å². The van der Waals surface area contributed by atoms with Crippen LogP contribution >= 0.6 is 0 Å². The number of likely N-dealkylation sites (tertiary alicyclic amines) is 1. The van der Waals surface area contributed by atoms with Crippen LogP contribution in [-0.4, -0.2) is 44.3 Å². The van der Waals surface area contributed by atoms with E-state index in [1.807, 2.05) is 17.9 Å². The monoisotopic (exact) mass is 349 g/mol. The number of carbonyl (C=O) groups excluding carboxylic acids is 1. The third-order valence-corrected chi connectivity index (χ3v) is 5.01. The Kier molecular flexibility index (Phi) is 4.56. The lowest BCUT2D eigenvalue weighted by Gasteiger charge is -2.30. The predicted molar refractivity (Wildman–Crippen MR) is 99.0 cm³/mol. The van der Waals surface area contributed by atoms with Crippen molar-refractivity contribution in [2.24, 2.45) is 0 Å². The van der Waals surface area contributed by atoms with E-state index in [2.05, 4.69) is 50.7 Å². The van der Waals surface area contributed by atoms with Crippen molar-refractivity contribution in [1.29, 1.82) is 0 Å². The number of nitrogens with one attached hydrogen (secondary N) is 2. The third kappa shape index (κ3) is 3.54. The van der Waals surface area contributed by atoms with Crippen molar-refractivity contribution in [1.82, 2.24) is 25.3 Å². The third-order valence-electron chi connectivity index (χ3n) is 5.01. The van der Waals surface area contributed by atoms with Gasteiger partial charge in [0.05, 0.1) is 5.69 Å². The van der Waals surface area contributed by atoms with E-state index >= 15 is 0 Å². The van der Waals surface area contributed by atoms with E-state index in [9.17, 15) is 4.79 Å². The van der Waals surface area contributed by atoms with Gasteiger partial charge in [0.2, 0.25) is 0 Å². The van der Waals surface area contributed by atoms with Crippen molar-refractivity contribution in [3.05, 3.63) is 70.8 Å². The van der Waals surface area contributed by atoms with Crippen LogP contribution in [0.1, 0.15) is 51.9 Å². The molecule has 26 heavy (non-hydrogen) atoms. The minimum atomic E-state index is 0.0135. The van der Waals surface area contributed by atoms with E-state index in [1.54, 1.807) is 6.07 Å². The summed E-state index contributed by atoms with van der Waals surface area (Å²) in [4.78, 5) is 14.4. The van der Waals surface area contributed by atoms with Crippen molar-refractivity contribution < 1.29 is 4.79 Å². The van der Waals surface area contributed by atoms with E-state index < -0.39 is 0 Å². The van der Waals surface area contributed by atoms with E-state index in [-0.39, 0.29) is 5.91 Å². The number of hydrogen-bond acceptors (Lipinski definition) is 3. The van der Waals surface area contributed by atoms with Gasteiger partial charge in [-0.2, -0.15) is 10.2 Å². The quantitative estimate of drug-likeness (QED) is 0.760. The van der Waals surface area contributed by atoms with Gasteiger partial charge in [0.15, 0.2) is 0 Å². The highest BCUT2D eigenvalue weighted by atomic mass is 16.2. The van der Waals surface area contributed by atoms with Gasteiger partial charge in [0.25, 0.3) is 5.91 Å². The van der Waals surface area contributed by atoms with Gasteiger partial charge >= 0.3 is 0 Å². The van der Waals surface area contributed by atoms with Gasteiger partial charge in [-0.05, 0) is 37.5 Å². The number of rotatable bonds is 4. The van der Waals surface area contributed by atoms with Gasteiger partial charge in [-0.1, -0.05) is 30.3 Å². The predicted octanol–water partition coefficient (Wildman–Crippen LogP) is 3.05. The molecule has 1 fully saturated rings. The van der Waals surface area contributed by atoms with E-state index in [0.717, 1.165) is 49.4 Å². The molecule has 0 aliphatic carbocycles. The normalized spacial score (nSPS) is 15.3. The number of amides is 1. The SMILES string of the molecule is Cc1cc(C(=O)N2CCC(c3cc(Cc4ccccc4)[nH]n3)CC2)n[nH]1. The highest BCUT2D eigenvalue weighted by Gasteiger charge is 2.27. The first-order valence-corrected chi connectivity index (χ1v) is 9.08. The Morgan fingerprint density at radius 3 is 2.58 bits per heavy atom. The van der Waals surface area contributed by atoms with E-state index in [0.29, 0.717) is 11.6 Å². The summed E-state index contributed by atoms with van der Waals surface area (Å²) in [6.07, 6.45) is 2.74. The second-order valence-electron chi connectivity index (χ2n) is 6.98. The van der Waals surface area contributed by atoms with E-state index in [1.165, 1.54) is 5.56 Å². The summed E-state index contributed by atoms with van der Waals surface area (Å²) in [6.45, 7) is 3.40. The molecule has 3 aromatic rings. The molecule has 0 atom stereocenters. The van der Waals surface area contributed by atoms with Crippen LogP contribution in [0.2, 0.25) is 0 Å². The fraction of sp³-hybridized carbons (Fsp3) is 0.350. The molecule has 134 valence electrons. The molecule has 0 radical (unpaired) electrons. The molecule has 0 spiro atoms. The van der Waals surface area contributed by atoms with Gasteiger partial charge in [-0.25, -0.2) is 0 Å². The fourth-order valence-electron chi connectivity index (χ4n) is 3.56. The lowest BCUT2D eigenvalue weighted by atomic mass is 9.93. The summed E-state index contributed by atoms with van der Waals surface area (Å²) < 4.78 is 0. The average molecular weight is 349 g/mol. The molecular formula is C20H23N5O. The fourth-order valence-corrected chi connectivity index (χ4v) is 3.56.